The average molecular weight is 431 g/mol. The van der Waals surface area contributed by atoms with E-state index in [1.807, 2.05) is 18.2 Å². The van der Waals surface area contributed by atoms with Crippen molar-refractivity contribution in [2.24, 2.45) is 0 Å². The van der Waals surface area contributed by atoms with E-state index in [4.69, 9.17) is 27.6 Å². The number of Topliss-reactive ketones (excluding diaryl/α,β-unsaturated/α-hetero) is 2. The lowest BCUT2D eigenvalue weighted by Crippen LogP contribution is -1.99. The minimum absolute atomic E-state index is 0.142. The van der Waals surface area contributed by atoms with Crippen LogP contribution in [0.15, 0.2) is 52.7 Å². The van der Waals surface area contributed by atoms with Gasteiger partial charge in [0.05, 0.1) is 26.8 Å². The highest BCUT2D eigenvalue weighted by atomic mass is 35.5. The van der Waals surface area contributed by atoms with Gasteiger partial charge >= 0.3 is 0 Å². The zero-order valence-corrected chi connectivity index (χ0v) is 16.6. The third-order valence-electron chi connectivity index (χ3n) is 4.32. The molecule has 1 aliphatic carbocycles. The largest absolute Gasteiger partial charge is 0.464 e. The Labute approximate surface area is 171 Å². The summed E-state index contributed by atoms with van der Waals surface area (Å²) in [6.45, 7) is 0. The van der Waals surface area contributed by atoms with Gasteiger partial charge in [-0.15, -0.1) is 22.7 Å². The lowest BCUT2D eigenvalue weighted by molar-refractivity contribution is 0.0990. The minimum Gasteiger partial charge on any atom is -0.464 e. The predicted octanol–water partition coefficient (Wildman–Crippen LogP) is 6.99. The molecule has 132 valence electrons. The maximum absolute atomic E-state index is 12.6. The number of carbonyl (C=O) groups is 2. The van der Waals surface area contributed by atoms with Gasteiger partial charge < -0.3 is 4.42 Å². The topological polar surface area (TPSA) is 47.3 Å². The summed E-state index contributed by atoms with van der Waals surface area (Å²) in [6, 6.07) is 10.7. The number of fused-ring (bicyclic) bond motifs is 2. The van der Waals surface area contributed by atoms with Crippen molar-refractivity contribution in [2.45, 2.75) is 0 Å². The van der Waals surface area contributed by atoms with Crippen molar-refractivity contribution >= 4 is 72.9 Å². The molecule has 3 heterocycles. The Balaban J connectivity index is 1.54. The third-order valence-corrected chi connectivity index (χ3v) is 7.29. The summed E-state index contributed by atoms with van der Waals surface area (Å²) in [5.41, 5.74) is 0.752. The van der Waals surface area contributed by atoms with Gasteiger partial charge in [0, 0.05) is 25.4 Å². The number of allylic oxidation sites excluding steroid dienone is 1. The van der Waals surface area contributed by atoms with E-state index >= 15 is 0 Å². The highest BCUT2D eigenvalue weighted by Gasteiger charge is 2.34. The van der Waals surface area contributed by atoms with E-state index < -0.39 is 0 Å². The lowest BCUT2D eigenvalue weighted by Gasteiger charge is -1.98. The molecule has 0 atom stereocenters. The summed E-state index contributed by atoms with van der Waals surface area (Å²) in [5.74, 6) is 0.192. The van der Waals surface area contributed by atoms with Gasteiger partial charge in [-0.05, 0) is 42.5 Å². The predicted molar refractivity (Wildman–Crippen MR) is 111 cm³/mol. The molecule has 7 heteroatoms. The molecule has 1 aromatic carbocycles. The molecule has 0 spiro atoms. The summed E-state index contributed by atoms with van der Waals surface area (Å²) >= 11 is 15.1. The van der Waals surface area contributed by atoms with Crippen molar-refractivity contribution in [3.05, 3.63) is 74.3 Å². The molecule has 1 aliphatic rings. The number of halogens is 2. The molecule has 0 unspecified atom stereocenters. The summed E-state index contributed by atoms with van der Waals surface area (Å²) in [6.07, 6.45) is 3.29. The standard InChI is InChI=1S/C20H8Cl2O3S2/c21-13-6-10-11(7-14(13)22)20(24)12(19(10)23)4-9-5-17-18(26-9)8-16(27-17)15-2-1-3-25-15/h1-8H. The fourth-order valence-corrected chi connectivity index (χ4v) is 5.70. The Morgan fingerprint density at radius 3 is 2.15 bits per heavy atom. The fraction of sp³-hybridized carbons (Fsp3) is 0. The van der Waals surface area contributed by atoms with Crippen molar-refractivity contribution in [2.75, 3.05) is 0 Å². The van der Waals surface area contributed by atoms with E-state index in [0.717, 1.165) is 24.9 Å². The summed E-state index contributed by atoms with van der Waals surface area (Å²) in [7, 11) is 0. The number of hydrogen-bond acceptors (Lipinski definition) is 5. The highest BCUT2D eigenvalue weighted by Crippen LogP contribution is 2.40. The fourth-order valence-electron chi connectivity index (χ4n) is 3.05. The van der Waals surface area contributed by atoms with Gasteiger partial charge in [0.15, 0.2) is 11.6 Å². The second kappa shape index (κ2) is 6.17. The third kappa shape index (κ3) is 2.70. The zero-order valence-electron chi connectivity index (χ0n) is 13.4. The molecule has 0 radical (unpaired) electrons. The monoisotopic (exact) mass is 430 g/mol. The lowest BCUT2D eigenvalue weighted by atomic mass is 10.1. The van der Waals surface area contributed by atoms with Crippen LogP contribution in [0, 0.1) is 0 Å². The van der Waals surface area contributed by atoms with Crippen LogP contribution in [0.3, 0.4) is 0 Å². The van der Waals surface area contributed by atoms with Crippen LogP contribution in [0.1, 0.15) is 25.6 Å². The van der Waals surface area contributed by atoms with E-state index in [-0.39, 0.29) is 27.2 Å². The van der Waals surface area contributed by atoms with Crippen molar-refractivity contribution in [3.8, 4) is 10.6 Å². The quantitative estimate of drug-likeness (QED) is 0.254. The number of rotatable bonds is 2. The summed E-state index contributed by atoms with van der Waals surface area (Å²) in [5, 5.41) is 0.528. The second-order valence-corrected chi connectivity index (χ2v) is 9.01. The molecule has 0 amide bonds. The first kappa shape index (κ1) is 17.0. The van der Waals surface area contributed by atoms with Crippen LogP contribution in [0.25, 0.3) is 26.1 Å². The molecule has 4 aromatic rings. The first-order chi connectivity index (χ1) is 13.0. The van der Waals surface area contributed by atoms with Crippen molar-refractivity contribution in [1.29, 1.82) is 0 Å². The Morgan fingerprint density at radius 1 is 0.889 bits per heavy atom. The number of hydrogen-bond donors (Lipinski definition) is 0. The van der Waals surface area contributed by atoms with Gasteiger partial charge in [-0.3, -0.25) is 9.59 Å². The summed E-state index contributed by atoms with van der Waals surface area (Å²) in [4.78, 5) is 27.2. The van der Waals surface area contributed by atoms with Crippen LogP contribution in [0.2, 0.25) is 10.0 Å². The molecular formula is C20H8Cl2O3S2. The van der Waals surface area contributed by atoms with E-state index in [1.54, 1.807) is 23.7 Å². The number of ketones is 2. The van der Waals surface area contributed by atoms with Crippen molar-refractivity contribution in [1.82, 2.24) is 0 Å². The molecular weight excluding hydrogens is 423 g/mol. The van der Waals surface area contributed by atoms with Crippen LogP contribution in [0.4, 0.5) is 0 Å². The van der Waals surface area contributed by atoms with Crippen molar-refractivity contribution < 1.29 is 14.0 Å². The Hall–Kier alpha value is -2.18. The molecule has 5 rings (SSSR count). The van der Waals surface area contributed by atoms with Gasteiger partial charge in [-0.25, -0.2) is 0 Å². The van der Waals surface area contributed by atoms with Crippen LogP contribution < -0.4 is 0 Å². The Morgan fingerprint density at radius 2 is 1.56 bits per heavy atom. The van der Waals surface area contributed by atoms with Crippen LogP contribution in [0.5, 0.6) is 0 Å². The first-order valence-corrected chi connectivity index (χ1v) is 10.3. The molecule has 0 N–H and O–H groups in total. The van der Waals surface area contributed by atoms with Crippen molar-refractivity contribution in [3.63, 3.8) is 0 Å². The molecule has 0 fully saturated rings. The number of carbonyl (C=O) groups excluding carboxylic acids is 2. The molecule has 27 heavy (non-hydrogen) atoms. The molecule has 0 saturated carbocycles. The van der Waals surface area contributed by atoms with Gasteiger partial charge in [-0.2, -0.15) is 0 Å². The van der Waals surface area contributed by atoms with E-state index in [2.05, 4.69) is 6.07 Å². The number of benzene rings is 1. The van der Waals surface area contributed by atoms with Gasteiger partial charge in [0.25, 0.3) is 0 Å². The van der Waals surface area contributed by atoms with E-state index in [1.165, 1.54) is 23.5 Å². The Kier molecular flexibility index (Phi) is 3.88. The molecule has 3 aromatic heterocycles. The highest BCUT2D eigenvalue weighted by molar-refractivity contribution is 7.29. The zero-order chi connectivity index (χ0) is 18.7. The van der Waals surface area contributed by atoms with Crippen LogP contribution in [-0.4, -0.2) is 11.6 Å². The van der Waals surface area contributed by atoms with E-state index in [9.17, 15) is 9.59 Å². The number of furan rings is 1. The SMILES string of the molecule is O=C1C(=Cc2cc3sc(-c4ccco4)cc3s2)C(=O)c2cc(Cl)c(Cl)cc21. The normalized spacial score (nSPS) is 13.6. The van der Waals surface area contributed by atoms with Crippen LogP contribution >= 0.6 is 45.9 Å². The first-order valence-electron chi connectivity index (χ1n) is 7.88. The Bertz CT molecular complexity index is 1200. The van der Waals surface area contributed by atoms with Gasteiger partial charge in [0.1, 0.15) is 5.76 Å². The summed E-state index contributed by atoms with van der Waals surface area (Å²) < 4.78 is 7.60. The second-order valence-electron chi connectivity index (χ2n) is 5.99. The van der Waals surface area contributed by atoms with Gasteiger partial charge in [-0.1, -0.05) is 23.2 Å². The maximum atomic E-state index is 12.6. The molecule has 0 bridgehead atoms. The minimum atomic E-state index is -0.318. The van der Waals surface area contributed by atoms with Crippen LogP contribution in [-0.2, 0) is 0 Å². The maximum Gasteiger partial charge on any atom is 0.197 e. The molecule has 0 aliphatic heterocycles. The van der Waals surface area contributed by atoms with Gasteiger partial charge in [0.2, 0.25) is 0 Å². The van der Waals surface area contributed by atoms with E-state index in [0.29, 0.717) is 11.1 Å². The molecule has 3 nitrogen and oxygen atoms in total. The number of thiophene rings is 2. The molecule has 0 saturated heterocycles. The average Bonchev–Trinajstić information content (AvgIpc) is 3.38. The smallest absolute Gasteiger partial charge is 0.197 e.